The molecule has 0 N–H and O–H groups in total. The Hall–Kier alpha value is -0.810. The zero-order valence-corrected chi connectivity index (χ0v) is 11.3. The van der Waals surface area contributed by atoms with Gasteiger partial charge in [0.05, 0.1) is 13.0 Å². The van der Waals surface area contributed by atoms with E-state index in [0.29, 0.717) is 17.9 Å². The highest BCUT2D eigenvalue weighted by atomic mass is 79.9. The summed E-state index contributed by atoms with van der Waals surface area (Å²) in [6.07, 6.45) is 0.699. The largest absolute Gasteiger partial charge is 0.466 e. The summed E-state index contributed by atoms with van der Waals surface area (Å²) in [5.41, 5.74) is 0.851. The van der Waals surface area contributed by atoms with E-state index in [1.165, 1.54) is 0 Å². The zero-order chi connectivity index (χ0) is 12.0. The van der Waals surface area contributed by atoms with Gasteiger partial charge in [-0.1, -0.05) is 18.3 Å². The molecular weight excluding hydrogens is 290 g/mol. The van der Waals surface area contributed by atoms with E-state index in [-0.39, 0.29) is 12.4 Å². The molecule has 5 heteroatoms. The van der Waals surface area contributed by atoms with Crippen LogP contribution in [0.1, 0.15) is 19.0 Å². The summed E-state index contributed by atoms with van der Waals surface area (Å²) in [6.45, 7) is 2.16. The predicted octanol–water partition coefficient (Wildman–Crippen LogP) is 2.71. The summed E-state index contributed by atoms with van der Waals surface area (Å²) in [4.78, 5) is 16.1. The molecule has 0 atom stereocenters. The highest BCUT2D eigenvalue weighted by molar-refractivity contribution is 9.10. The van der Waals surface area contributed by atoms with Gasteiger partial charge in [0, 0.05) is 17.0 Å². The fraction of sp³-hybridized carbons (Fsp3) is 0.364. The van der Waals surface area contributed by atoms with Crippen LogP contribution >= 0.6 is 28.1 Å². The molecule has 0 amide bonds. The number of thiocarbonyl (C=S) groups is 1. The molecule has 0 unspecified atom stereocenters. The van der Waals surface area contributed by atoms with Crippen LogP contribution in [0.25, 0.3) is 0 Å². The molecule has 1 rings (SSSR count). The first-order chi connectivity index (χ1) is 7.61. The predicted molar refractivity (Wildman–Crippen MR) is 69.5 cm³/mol. The normalized spacial score (nSPS) is 9.88. The van der Waals surface area contributed by atoms with E-state index in [2.05, 4.69) is 20.9 Å². The molecular formula is C11H12BrNO2S. The highest BCUT2D eigenvalue weighted by Crippen LogP contribution is 2.08. The van der Waals surface area contributed by atoms with Gasteiger partial charge >= 0.3 is 5.97 Å². The van der Waals surface area contributed by atoms with E-state index >= 15 is 0 Å². The van der Waals surface area contributed by atoms with E-state index in [9.17, 15) is 4.79 Å². The van der Waals surface area contributed by atoms with E-state index in [1.807, 2.05) is 18.2 Å². The molecule has 0 radical (unpaired) electrons. The standard InChI is InChI=1S/C11H12BrNO2S/c1-2-15-11(14)7-9(16)6-8-4-3-5-10(12)13-8/h3-5H,2,6-7H2,1H3. The van der Waals surface area contributed by atoms with Crippen molar-refractivity contribution in [3.05, 3.63) is 28.5 Å². The van der Waals surface area contributed by atoms with Gasteiger partial charge in [-0.2, -0.15) is 0 Å². The van der Waals surface area contributed by atoms with Crippen molar-refractivity contribution < 1.29 is 9.53 Å². The van der Waals surface area contributed by atoms with Gasteiger partial charge in [0.2, 0.25) is 0 Å². The van der Waals surface area contributed by atoms with Gasteiger partial charge in [-0.15, -0.1) is 0 Å². The van der Waals surface area contributed by atoms with Gasteiger partial charge in [0.25, 0.3) is 0 Å². The van der Waals surface area contributed by atoms with Gasteiger partial charge in [-0.05, 0) is 35.0 Å². The number of pyridine rings is 1. The Bertz CT molecular complexity index is 395. The summed E-state index contributed by atoms with van der Waals surface area (Å²) in [7, 11) is 0. The summed E-state index contributed by atoms with van der Waals surface area (Å²) >= 11 is 8.40. The van der Waals surface area contributed by atoms with Crippen molar-refractivity contribution >= 4 is 39.0 Å². The lowest BCUT2D eigenvalue weighted by Gasteiger charge is -2.03. The monoisotopic (exact) mass is 301 g/mol. The lowest BCUT2D eigenvalue weighted by molar-refractivity contribution is -0.141. The number of carbonyl (C=O) groups excluding carboxylic acids is 1. The highest BCUT2D eigenvalue weighted by Gasteiger charge is 2.08. The van der Waals surface area contributed by atoms with Crippen molar-refractivity contribution in [1.29, 1.82) is 0 Å². The van der Waals surface area contributed by atoms with Crippen LogP contribution < -0.4 is 0 Å². The Kier molecular flexibility index (Phi) is 5.55. The van der Waals surface area contributed by atoms with Gasteiger partial charge in [0.15, 0.2) is 0 Å². The van der Waals surface area contributed by atoms with Crippen LogP contribution in [0.15, 0.2) is 22.8 Å². The number of hydrogen-bond acceptors (Lipinski definition) is 4. The van der Waals surface area contributed by atoms with Crippen molar-refractivity contribution in [3.63, 3.8) is 0 Å². The second-order valence-corrected chi connectivity index (χ2v) is 4.54. The van der Waals surface area contributed by atoms with Gasteiger partial charge in [0.1, 0.15) is 4.60 Å². The molecule has 86 valence electrons. The Balaban J connectivity index is 2.48. The summed E-state index contributed by atoms with van der Waals surface area (Å²) < 4.78 is 5.59. The molecule has 0 aromatic carbocycles. The van der Waals surface area contributed by atoms with Crippen LogP contribution in [-0.4, -0.2) is 22.4 Å². The van der Waals surface area contributed by atoms with Crippen LogP contribution in [0.3, 0.4) is 0 Å². The van der Waals surface area contributed by atoms with Gasteiger partial charge in [-0.3, -0.25) is 4.79 Å². The van der Waals surface area contributed by atoms with Gasteiger partial charge in [-0.25, -0.2) is 4.98 Å². The molecule has 0 spiro atoms. The fourth-order valence-electron chi connectivity index (χ4n) is 1.19. The molecule has 0 aliphatic carbocycles. The van der Waals surface area contributed by atoms with Crippen LogP contribution in [0.5, 0.6) is 0 Å². The van der Waals surface area contributed by atoms with Crippen LogP contribution in [0.2, 0.25) is 0 Å². The summed E-state index contributed by atoms with van der Waals surface area (Å²) in [6, 6.07) is 5.61. The maximum Gasteiger partial charge on any atom is 0.310 e. The second kappa shape index (κ2) is 6.70. The topological polar surface area (TPSA) is 39.2 Å². The number of rotatable bonds is 5. The molecule has 0 aliphatic heterocycles. The third-order valence-electron chi connectivity index (χ3n) is 1.80. The molecule has 1 aromatic heterocycles. The lowest BCUT2D eigenvalue weighted by atomic mass is 10.2. The number of halogens is 1. The SMILES string of the molecule is CCOC(=O)CC(=S)Cc1cccc(Br)n1. The molecule has 3 nitrogen and oxygen atoms in total. The van der Waals surface area contributed by atoms with Crippen molar-refractivity contribution in [2.24, 2.45) is 0 Å². The Morgan fingerprint density at radius 2 is 2.31 bits per heavy atom. The first kappa shape index (κ1) is 13.3. The maximum absolute atomic E-state index is 11.2. The number of hydrogen-bond donors (Lipinski definition) is 0. The maximum atomic E-state index is 11.2. The Morgan fingerprint density at radius 3 is 2.94 bits per heavy atom. The minimum Gasteiger partial charge on any atom is -0.466 e. The molecule has 1 heterocycles. The van der Waals surface area contributed by atoms with Crippen molar-refractivity contribution in [2.45, 2.75) is 19.8 Å². The summed E-state index contributed by atoms with van der Waals surface area (Å²) in [5, 5.41) is 0. The molecule has 16 heavy (non-hydrogen) atoms. The number of esters is 1. The van der Waals surface area contributed by atoms with Crippen LogP contribution in [0, 0.1) is 0 Å². The first-order valence-electron chi connectivity index (χ1n) is 4.90. The molecule has 1 aromatic rings. The van der Waals surface area contributed by atoms with E-state index < -0.39 is 0 Å². The van der Waals surface area contributed by atoms with Crippen molar-refractivity contribution in [2.75, 3.05) is 6.61 Å². The smallest absolute Gasteiger partial charge is 0.310 e. The molecule has 0 saturated carbocycles. The second-order valence-electron chi connectivity index (χ2n) is 3.15. The number of carbonyl (C=O) groups is 1. The summed E-state index contributed by atoms with van der Waals surface area (Å²) in [5.74, 6) is -0.275. The number of ether oxygens (including phenoxy) is 1. The zero-order valence-electron chi connectivity index (χ0n) is 8.90. The lowest BCUT2D eigenvalue weighted by Crippen LogP contribution is -2.12. The molecule has 0 bridgehead atoms. The fourth-order valence-corrected chi connectivity index (χ4v) is 1.83. The quantitative estimate of drug-likeness (QED) is 0.476. The third kappa shape index (κ3) is 4.81. The van der Waals surface area contributed by atoms with Crippen molar-refractivity contribution in [1.82, 2.24) is 4.98 Å². The average molecular weight is 302 g/mol. The minimum absolute atomic E-state index is 0.178. The van der Waals surface area contributed by atoms with Gasteiger partial charge < -0.3 is 4.74 Å². The van der Waals surface area contributed by atoms with E-state index in [1.54, 1.807) is 6.92 Å². The Morgan fingerprint density at radius 1 is 1.56 bits per heavy atom. The van der Waals surface area contributed by atoms with E-state index in [0.717, 1.165) is 10.3 Å². The molecule has 0 fully saturated rings. The van der Waals surface area contributed by atoms with E-state index in [4.69, 9.17) is 17.0 Å². The first-order valence-corrected chi connectivity index (χ1v) is 6.10. The Labute approximate surface area is 108 Å². The number of aromatic nitrogens is 1. The van der Waals surface area contributed by atoms with Crippen molar-refractivity contribution in [3.8, 4) is 0 Å². The minimum atomic E-state index is -0.275. The molecule has 0 aliphatic rings. The van der Waals surface area contributed by atoms with Crippen LogP contribution in [-0.2, 0) is 16.0 Å². The molecule has 0 saturated heterocycles. The third-order valence-corrected chi connectivity index (χ3v) is 2.53. The average Bonchev–Trinajstić information content (AvgIpc) is 2.17. The number of nitrogens with zero attached hydrogens (tertiary/aromatic N) is 1. The van der Waals surface area contributed by atoms with Crippen LogP contribution in [0.4, 0.5) is 0 Å².